The molecule has 37 heavy (non-hydrogen) atoms. The Kier molecular flexibility index (Phi) is 7.94. The molecule has 3 amide bonds. The number of amides is 3. The van der Waals surface area contributed by atoms with Crippen molar-refractivity contribution in [2.45, 2.75) is 18.9 Å². The van der Waals surface area contributed by atoms with E-state index < -0.39 is 41.1 Å². The van der Waals surface area contributed by atoms with Crippen molar-refractivity contribution in [3.8, 4) is 0 Å². The highest BCUT2D eigenvalue weighted by molar-refractivity contribution is 6.04. The first-order chi connectivity index (χ1) is 17.2. The van der Waals surface area contributed by atoms with Gasteiger partial charge < -0.3 is 20.9 Å². The van der Waals surface area contributed by atoms with Crippen LogP contribution in [0.5, 0.6) is 0 Å². The summed E-state index contributed by atoms with van der Waals surface area (Å²) in [6.07, 6.45) is -6.96. The number of nitrogens with zero attached hydrogens (tertiary/aromatic N) is 2. The lowest BCUT2D eigenvalue weighted by Crippen LogP contribution is -2.26. The number of benzene rings is 2. The van der Waals surface area contributed by atoms with Crippen LogP contribution in [-0.4, -0.2) is 31.0 Å². The Hall–Kier alpha value is -4.29. The van der Waals surface area contributed by atoms with Crippen LogP contribution in [0.3, 0.4) is 0 Å². The van der Waals surface area contributed by atoms with Gasteiger partial charge in [-0.1, -0.05) is 6.07 Å². The molecule has 0 atom stereocenters. The van der Waals surface area contributed by atoms with Crippen molar-refractivity contribution in [3.05, 3.63) is 83.2 Å². The minimum absolute atomic E-state index is 0.0422. The molecule has 3 rings (SSSR count). The van der Waals surface area contributed by atoms with E-state index in [9.17, 15) is 35.9 Å². The molecule has 7 nitrogen and oxygen atoms in total. The fourth-order valence-electron chi connectivity index (χ4n) is 3.29. The molecule has 0 spiro atoms. The van der Waals surface area contributed by atoms with Gasteiger partial charge in [-0.25, -0.2) is 4.79 Å². The van der Waals surface area contributed by atoms with Gasteiger partial charge in [0.15, 0.2) is 0 Å². The number of aromatic nitrogens is 1. The summed E-state index contributed by atoms with van der Waals surface area (Å²) in [6, 6.07) is 7.40. The van der Waals surface area contributed by atoms with Crippen LogP contribution in [0.25, 0.3) is 0 Å². The first kappa shape index (κ1) is 27.3. The van der Waals surface area contributed by atoms with Crippen LogP contribution >= 0.6 is 0 Å². The molecule has 0 fully saturated rings. The van der Waals surface area contributed by atoms with Crippen molar-refractivity contribution in [1.82, 2.24) is 10.3 Å². The average Bonchev–Trinajstić information content (AvgIpc) is 2.81. The molecular weight excluding hydrogens is 504 g/mol. The molecule has 3 N–H and O–H groups in total. The standard InChI is InChI=1S/C24H21F6N5O2/c1-35(2)20-6-5-17(11-19(20)21(36)32-13-14-4-3-7-31-12-14)33-22(37)34-18-9-15(23(25,26)27)8-16(10-18)24(28,29)30/h3-12H,13H2,1-2H3,(H,32,36)(H2,33,34,37). The summed E-state index contributed by atoms with van der Waals surface area (Å²) in [5.74, 6) is -0.482. The number of carbonyl (C=O) groups is 2. The van der Waals surface area contributed by atoms with Gasteiger partial charge in [0.25, 0.3) is 5.91 Å². The number of urea groups is 1. The minimum atomic E-state index is -5.06. The van der Waals surface area contributed by atoms with Crippen LogP contribution in [0, 0.1) is 0 Å². The summed E-state index contributed by atoms with van der Waals surface area (Å²) >= 11 is 0. The fraction of sp³-hybridized carbons (Fsp3) is 0.208. The van der Waals surface area contributed by atoms with Crippen molar-refractivity contribution in [1.29, 1.82) is 0 Å². The third kappa shape index (κ3) is 7.35. The summed E-state index contributed by atoms with van der Waals surface area (Å²) in [4.78, 5) is 30.9. The first-order valence-electron chi connectivity index (χ1n) is 10.6. The van der Waals surface area contributed by atoms with Gasteiger partial charge in [-0.15, -0.1) is 0 Å². The van der Waals surface area contributed by atoms with Gasteiger partial charge in [-0.2, -0.15) is 26.3 Å². The van der Waals surface area contributed by atoms with Crippen LogP contribution in [-0.2, 0) is 18.9 Å². The minimum Gasteiger partial charge on any atom is -0.377 e. The normalized spacial score (nSPS) is 11.6. The van der Waals surface area contributed by atoms with E-state index >= 15 is 0 Å². The lowest BCUT2D eigenvalue weighted by atomic mass is 10.1. The number of hydrogen-bond donors (Lipinski definition) is 3. The SMILES string of the molecule is CN(C)c1ccc(NC(=O)Nc2cc(C(F)(F)F)cc(C(F)(F)F)c2)cc1C(=O)NCc1cccnc1. The largest absolute Gasteiger partial charge is 0.416 e. The fourth-order valence-corrected chi connectivity index (χ4v) is 3.29. The van der Waals surface area contributed by atoms with E-state index in [1.54, 1.807) is 43.5 Å². The maximum Gasteiger partial charge on any atom is 0.416 e. The lowest BCUT2D eigenvalue weighted by Gasteiger charge is -2.19. The number of pyridine rings is 1. The van der Waals surface area contributed by atoms with Gasteiger partial charge in [0.1, 0.15) is 0 Å². The molecule has 0 saturated heterocycles. The second-order valence-electron chi connectivity index (χ2n) is 8.04. The zero-order valence-corrected chi connectivity index (χ0v) is 19.5. The predicted octanol–water partition coefficient (Wildman–Crippen LogP) is 5.76. The molecular formula is C24H21F6N5O2. The number of alkyl halides is 6. The highest BCUT2D eigenvalue weighted by atomic mass is 19.4. The van der Waals surface area contributed by atoms with Crippen molar-refractivity contribution < 1.29 is 35.9 Å². The van der Waals surface area contributed by atoms with E-state index in [0.717, 1.165) is 5.56 Å². The van der Waals surface area contributed by atoms with Gasteiger partial charge in [-0.05, 0) is 48.0 Å². The molecule has 13 heteroatoms. The third-order valence-corrected chi connectivity index (χ3v) is 5.00. The molecule has 0 unspecified atom stereocenters. The molecule has 0 bridgehead atoms. The van der Waals surface area contributed by atoms with Crippen LogP contribution in [0.1, 0.15) is 27.0 Å². The van der Waals surface area contributed by atoms with Gasteiger partial charge in [0.2, 0.25) is 0 Å². The number of carbonyl (C=O) groups excluding carboxylic acids is 2. The topological polar surface area (TPSA) is 86.4 Å². The van der Waals surface area contributed by atoms with Crippen molar-refractivity contribution in [3.63, 3.8) is 0 Å². The predicted molar refractivity (Wildman–Crippen MR) is 125 cm³/mol. The van der Waals surface area contributed by atoms with Crippen LogP contribution in [0.2, 0.25) is 0 Å². The summed E-state index contributed by atoms with van der Waals surface area (Å²) in [5, 5.41) is 7.03. The zero-order valence-electron chi connectivity index (χ0n) is 19.5. The second-order valence-corrected chi connectivity index (χ2v) is 8.04. The summed E-state index contributed by atoms with van der Waals surface area (Å²) in [7, 11) is 3.39. The Morgan fingerprint density at radius 2 is 1.49 bits per heavy atom. The Bertz CT molecular complexity index is 1240. The number of halogens is 6. The monoisotopic (exact) mass is 525 g/mol. The van der Waals surface area contributed by atoms with Crippen molar-refractivity contribution in [2.24, 2.45) is 0 Å². The molecule has 1 aromatic heterocycles. The van der Waals surface area contributed by atoms with Gasteiger partial charge >= 0.3 is 18.4 Å². The Balaban J connectivity index is 1.80. The van der Waals surface area contributed by atoms with E-state index in [1.165, 1.54) is 18.2 Å². The molecule has 0 aliphatic heterocycles. The molecule has 0 radical (unpaired) electrons. The summed E-state index contributed by atoms with van der Waals surface area (Å²) in [6.45, 7) is 0.175. The van der Waals surface area contributed by atoms with E-state index in [1.807, 2.05) is 5.32 Å². The summed E-state index contributed by atoms with van der Waals surface area (Å²) in [5.41, 5.74) is -2.35. The Morgan fingerprint density at radius 1 is 0.865 bits per heavy atom. The van der Waals surface area contributed by atoms with Crippen molar-refractivity contribution in [2.75, 3.05) is 29.6 Å². The summed E-state index contributed by atoms with van der Waals surface area (Å²) < 4.78 is 78.4. The molecule has 2 aromatic carbocycles. The van der Waals surface area contributed by atoms with E-state index in [2.05, 4.69) is 15.6 Å². The second kappa shape index (κ2) is 10.8. The maximum absolute atomic E-state index is 13.1. The lowest BCUT2D eigenvalue weighted by molar-refractivity contribution is -0.143. The Labute approximate surface area is 207 Å². The van der Waals surface area contributed by atoms with Crippen LogP contribution in [0.15, 0.2) is 60.9 Å². The van der Waals surface area contributed by atoms with E-state index in [-0.39, 0.29) is 23.9 Å². The average molecular weight is 525 g/mol. The number of nitrogens with one attached hydrogen (secondary N) is 3. The highest BCUT2D eigenvalue weighted by Crippen LogP contribution is 2.37. The van der Waals surface area contributed by atoms with Gasteiger partial charge in [0.05, 0.1) is 16.7 Å². The number of rotatable bonds is 6. The van der Waals surface area contributed by atoms with Gasteiger partial charge in [0, 0.05) is 50.1 Å². The third-order valence-electron chi connectivity index (χ3n) is 5.00. The van der Waals surface area contributed by atoms with Gasteiger partial charge in [-0.3, -0.25) is 9.78 Å². The van der Waals surface area contributed by atoms with Crippen LogP contribution < -0.4 is 20.9 Å². The zero-order chi connectivity index (χ0) is 27.4. The molecule has 0 aliphatic carbocycles. The van der Waals surface area contributed by atoms with Crippen LogP contribution in [0.4, 0.5) is 48.2 Å². The maximum atomic E-state index is 13.1. The van der Waals surface area contributed by atoms with E-state index in [0.29, 0.717) is 17.8 Å². The highest BCUT2D eigenvalue weighted by Gasteiger charge is 2.37. The quantitative estimate of drug-likeness (QED) is 0.358. The number of anilines is 3. The molecule has 0 saturated carbocycles. The van der Waals surface area contributed by atoms with Crippen molar-refractivity contribution >= 4 is 29.0 Å². The van der Waals surface area contributed by atoms with E-state index in [4.69, 9.17) is 0 Å². The number of hydrogen-bond acceptors (Lipinski definition) is 4. The molecule has 0 aliphatic rings. The molecule has 196 valence electrons. The molecule has 1 heterocycles. The Morgan fingerprint density at radius 3 is 2.03 bits per heavy atom. The molecule has 3 aromatic rings. The smallest absolute Gasteiger partial charge is 0.377 e. The first-order valence-corrected chi connectivity index (χ1v) is 10.6.